The van der Waals surface area contributed by atoms with Crippen LogP contribution in [0.4, 0.5) is 0 Å². The molecule has 1 aliphatic carbocycles. The van der Waals surface area contributed by atoms with Gasteiger partial charge in [-0.3, -0.25) is 4.68 Å². The molecule has 1 aromatic heterocycles. The number of hydrogen-bond acceptors (Lipinski definition) is 2. The molecule has 2 N–H and O–H groups in total. The van der Waals surface area contributed by atoms with Gasteiger partial charge in [-0.05, 0) is 38.2 Å². The molecule has 1 saturated carbocycles. The Morgan fingerprint density at radius 1 is 1.53 bits per heavy atom. The molecular weight excluding hydrogens is 186 g/mol. The zero-order chi connectivity index (χ0) is 10.8. The smallest absolute Gasteiger partial charge is 0.0625 e. The van der Waals surface area contributed by atoms with E-state index in [1.54, 1.807) is 0 Å². The van der Waals surface area contributed by atoms with E-state index >= 15 is 0 Å². The minimum Gasteiger partial charge on any atom is -0.322 e. The third-order valence-electron chi connectivity index (χ3n) is 3.52. The highest BCUT2D eigenvalue weighted by Gasteiger charge is 2.27. The molecule has 84 valence electrons. The van der Waals surface area contributed by atoms with Crippen molar-refractivity contribution in [3.63, 3.8) is 0 Å². The van der Waals surface area contributed by atoms with Crippen molar-refractivity contribution in [2.75, 3.05) is 0 Å². The van der Waals surface area contributed by atoms with Gasteiger partial charge in [0.2, 0.25) is 0 Å². The Labute approximate surface area is 91.7 Å². The molecule has 1 aromatic rings. The fourth-order valence-electron chi connectivity index (χ4n) is 2.22. The van der Waals surface area contributed by atoms with Gasteiger partial charge in [-0.15, -0.1) is 0 Å². The molecule has 2 rings (SSSR count). The monoisotopic (exact) mass is 207 g/mol. The highest BCUT2D eigenvalue weighted by molar-refractivity contribution is 5.15. The van der Waals surface area contributed by atoms with Crippen molar-refractivity contribution >= 4 is 0 Å². The molecule has 1 unspecified atom stereocenters. The maximum atomic E-state index is 6.28. The number of nitrogens with two attached hydrogens (primary N) is 1. The molecule has 1 fully saturated rings. The third-order valence-corrected chi connectivity index (χ3v) is 3.52. The van der Waals surface area contributed by atoms with E-state index in [9.17, 15) is 0 Å². The average molecular weight is 207 g/mol. The molecule has 1 atom stereocenters. The largest absolute Gasteiger partial charge is 0.322 e. The average Bonchev–Trinajstić information content (AvgIpc) is 2.57. The van der Waals surface area contributed by atoms with Gasteiger partial charge < -0.3 is 5.73 Å². The summed E-state index contributed by atoms with van der Waals surface area (Å²) >= 11 is 0. The predicted molar refractivity (Wildman–Crippen MR) is 61.5 cm³/mol. The molecule has 1 aliphatic rings. The van der Waals surface area contributed by atoms with Crippen LogP contribution >= 0.6 is 0 Å². The van der Waals surface area contributed by atoms with E-state index < -0.39 is 0 Å². The van der Waals surface area contributed by atoms with E-state index in [-0.39, 0.29) is 6.04 Å². The second kappa shape index (κ2) is 4.35. The first-order valence-corrected chi connectivity index (χ1v) is 6.08. The lowest BCUT2D eigenvalue weighted by molar-refractivity contribution is 0.255. The summed E-state index contributed by atoms with van der Waals surface area (Å²) in [4.78, 5) is 0. The molecular formula is C12H21N3. The normalized spacial score (nSPS) is 18.9. The molecule has 15 heavy (non-hydrogen) atoms. The van der Waals surface area contributed by atoms with E-state index in [1.807, 2.05) is 0 Å². The van der Waals surface area contributed by atoms with Crippen LogP contribution in [-0.2, 0) is 13.0 Å². The van der Waals surface area contributed by atoms with Crippen LogP contribution in [0.5, 0.6) is 0 Å². The lowest BCUT2D eigenvalue weighted by Gasteiger charge is -2.31. The van der Waals surface area contributed by atoms with Crippen LogP contribution in [-0.4, -0.2) is 9.78 Å². The van der Waals surface area contributed by atoms with Crippen LogP contribution < -0.4 is 5.73 Å². The second-order valence-electron chi connectivity index (χ2n) is 4.45. The van der Waals surface area contributed by atoms with Crippen molar-refractivity contribution in [3.8, 4) is 0 Å². The second-order valence-corrected chi connectivity index (χ2v) is 4.45. The van der Waals surface area contributed by atoms with E-state index in [1.165, 1.54) is 30.7 Å². The fraction of sp³-hybridized carbons (Fsp3) is 0.750. The van der Waals surface area contributed by atoms with Gasteiger partial charge in [-0.2, -0.15) is 5.10 Å². The number of aryl methyl sites for hydroxylation is 2. The number of hydrogen-bond donors (Lipinski definition) is 1. The Kier molecular flexibility index (Phi) is 3.10. The summed E-state index contributed by atoms with van der Waals surface area (Å²) in [5.74, 6) is 0.691. The van der Waals surface area contributed by atoms with Crippen LogP contribution in [0.15, 0.2) is 6.07 Å². The number of nitrogens with zero attached hydrogens (tertiary/aromatic N) is 2. The Hall–Kier alpha value is -0.830. The van der Waals surface area contributed by atoms with Crippen LogP contribution in [0.25, 0.3) is 0 Å². The van der Waals surface area contributed by atoms with Gasteiger partial charge in [-0.1, -0.05) is 13.3 Å². The molecule has 1 heterocycles. The minimum absolute atomic E-state index is 0.200. The standard InChI is InChI=1S/C12H21N3/c1-3-10-8-11(15(4-2)14-10)12(13)9-6-5-7-9/h8-9,12H,3-7,13H2,1-2H3. The highest BCUT2D eigenvalue weighted by Crippen LogP contribution is 2.36. The molecule has 0 spiro atoms. The highest BCUT2D eigenvalue weighted by atomic mass is 15.3. The quantitative estimate of drug-likeness (QED) is 0.823. The van der Waals surface area contributed by atoms with E-state index in [4.69, 9.17) is 5.73 Å². The van der Waals surface area contributed by atoms with Crippen molar-refractivity contribution in [2.45, 2.75) is 52.1 Å². The van der Waals surface area contributed by atoms with Crippen LogP contribution in [0, 0.1) is 5.92 Å². The summed E-state index contributed by atoms with van der Waals surface area (Å²) in [6, 6.07) is 2.39. The van der Waals surface area contributed by atoms with E-state index in [0.717, 1.165) is 13.0 Å². The van der Waals surface area contributed by atoms with Crippen LogP contribution in [0.3, 0.4) is 0 Å². The Balaban J connectivity index is 2.20. The molecule has 0 radical (unpaired) electrons. The van der Waals surface area contributed by atoms with Crippen LogP contribution in [0.1, 0.15) is 50.5 Å². The first kappa shape index (κ1) is 10.7. The van der Waals surface area contributed by atoms with Gasteiger partial charge in [0.15, 0.2) is 0 Å². The summed E-state index contributed by atoms with van der Waals surface area (Å²) in [6.07, 6.45) is 4.92. The number of aromatic nitrogens is 2. The van der Waals surface area contributed by atoms with Gasteiger partial charge in [0, 0.05) is 12.6 Å². The zero-order valence-electron chi connectivity index (χ0n) is 9.74. The minimum atomic E-state index is 0.200. The zero-order valence-corrected chi connectivity index (χ0v) is 9.74. The van der Waals surface area contributed by atoms with Crippen molar-refractivity contribution in [1.29, 1.82) is 0 Å². The van der Waals surface area contributed by atoms with E-state index in [0.29, 0.717) is 5.92 Å². The maximum absolute atomic E-state index is 6.28. The Bertz CT molecular complexity index is 326. The number of rotatable bonds is 4. The SMILES string of the molecule is CCc1cc(C(N)C2CCC2)n(CC)n1. The van der Waals surface area contributed by atoms with Crippen molar-refractivity contribution < 1.29 is 0 Å². The summed E-state index contributed by atoms with van der Waals surface area (Å²) in [5, 5.41) is 4.55. The van der Waals surface area contributed by atoms with Crippen LogP contribution in [0.2, 0.25) is 0 Å². The van der Waals surface area contributed by atoms with Crippen molar-refractivity contribution in [2.24, 2.45) is 11.7 Å². The lowest BCUT2D eigenvalue weighted by atomic mass is 9.79. The third kappa shape index (κ3) is 1.93. The lowest BCUT2D eigenvalue weighted by Crippen LogP contribution is -2.28. The van der Waals surface area contributed by atoms with Gasteiger partial charge in [0.1, 0.15) is 0 Å². The molecule has 0 aromatic carbocycles. The molecule has 0 aliphatic heterocycles. The van der Waals surface area contributed by atoms with Gasteiger partial charge in [0.05, 0.1) is 11.4 Å². The molecule has 3 heteroatoms. The summed E-state index contributed by atoms with van der Waals surface area (Å²) in [6.45, 7) is 5.19. The van der Waals surface area contributed by atoms with Crippen molar-refractivity contribution in [1.82, 2.24) is 9.78 Å². The summed E-state index contributed by atoms with van der Waals surface area (Å²) in [5.41, 5.74) is 8.69. The summed E-state index contributed by atoms with van der Waals surface area (Å²) in [7, 11) is 0. The fourth-order valence-corrected chi connectivity index (χ4v) is 2.22. The Morgan fingerprint density at radius 3 is 2.73 bits per heavy atom. The maximum Gasteiger partial charge on any atom is 0.0625 e. The summed E-state index contributed by atoms with van der Waals surface area (Å²) < 4.78 is 2.07. The molecule has 0 saturated heterocycles. The topological polar surface area (TPSA) is 43.8 Å². The van der Waals surface area contributed by atoms with Crippen molar-refractivity contribution in [3.05, 3.63) is 17.5 Å². The first-order chi connectivity index (χ1) is 7.26. The Morgan fingerprint density at radius 2 is 2.27 bits per heavy atom. The van der Waals surface area contributed by atoms with E-state index in [2.05, 4.69) is 29.7 Å². The molecule has 3 nitrogen and oxygen atoms in total. The van der Waals surface area contributed by atoms with Gasteiger partial charge in [-0.25, -0.2) is 0 Å². The van der Waals surface area contributed by atoms with Gasteiger partial charge >= 0.3 is 0 Å². The first-order valence-electron chi connectivity index (χ1n) is 6.08. The molecule has 0 bridgehead atoms. The van der Waals surface area contributed by atoms with Gasteiger partial charge in [0.25, 0.3) is 0 Å². The predicted octanol–water partition coefficient (Wildman–Crippen LogP) is 2.27. The molecule has 0 amide bonds.